The van der Waals surface area contributed by atoms with Crippen LogP contribution in [-0.4, -0.2) is 32.8 Å². The van der Waals surface area contributed by atoms with Crippen LogP contribution in [0.2, 0.25) is 0 Å². The van der Waals surface area contributed by atoms with Crippen LogP contribution < -0.4 is 9.80 Å². The van der Waals surface area contributed by atoms with Crippen molar-refractivity contribution < 1.29 is 19.2 Å². The Bertz CT molecular complexity index is 4690. The highest BCUT2D eigenvalue weighted by Gasteiger charge is 2.42. The molecule has 0 radical (unpaired) electrons. The SMILES string of the molecule is CCCC(Cc1ccc(-c2ccccc2)c(N2C(=O)c3cccc(-n4c5ccc(C(C)(C)C)cc5c5cc(C(C)(C)C)ccc54)c3C2=O)c1)c1cccc2c3ccccc3n(-c3cccc4c3C(=O)N(c3cccc(-c5ccccc5)c3)C4=O)c12. The highest BCUT2D eigenvalue weighted by molar-refractivity contribution is 6.37. The molecule has 2 aliphatic rings. The second-order valence-electron chi connectivity index (χ2n) is 25.0. The summed E-state index contributed by atoms with van der Waals surface area (Å²) < 4.78 is 4.38. The van der Waals surface area contributed by atoms with E-state index in [9.17, 15) is 4.79 Å². The van der Waals surface area contributed by atoms with Gasteiger partial charge in [0.15, 0.2) is 0 Å². The highest BCUT2D eigenvalue weighted by atomic mass is 16.2. The third-order valence-corrected chi connectivity index (χ3v) is 17.6. The zero-order chi connectivity index (χ0) is 58.6. The lowest BCUT2D eigenvalue weighted by Crippen LogP contribution is -2.30. The van der Waals surface area contributed by atoms with E-state index in [4.69, 9.17) is 0 Å². The van der Waals surface area contributed by atoms with Gasteiger partial charge >= 0.3 is 0 Å². The molecule has 14 rings (SSSR count). The van der Waals surface area contributed by atoms with Crippen molar-refractivity contribution in [1.82, 2.24) is 9.13 Å². The van der Waals surface area contributed by atoms with Crippen molar-refractivity contribution in [3.63, 3.8) is 0 Å². The van der Waals surface area contributed by atoms with Crippen molar-refractivity contribution in [3.8, 4) is 33.6 Å². The quantitative estimate of drug-likeness (QED) is 0.121. The first-order valence-corrected chi connectivity index (χ1v) is 29.6. The molecule has 0 bridgehead atoms. The molecule has 4 heterocycles. The predicted octanol–water partition coefficient (Wildman–Crippen LogP) is 18.5. The maximum Gasteiger partial charge on any atom is 0.268 e. The number of amides is 4. The number of carbonyl (C=O) groups excluding carboxylic acids is 4. The predicted molar refractivity (Wildman–Crippen MR) is 346 cm³/mol. The van der Waals surface area contributed by atoms with Crippen molar-refractivity contribution in [1.29, 1.82) is 0 Å². The number of para-hydroxylation sites is 2. The van der Waals surface area contributed by atoms with E-state index < -0.39 is 0 Å². The Kier molecular flexibility index (Phi) is 12.6. The molecule has 4 amide bonds. The molecular weight excluding hydrogens is 1040 g/mol. The maximum atomic E-state index is 15.8. The van der Waals surface area contributed by atoms with Crippen LogP contribution in [-0.2, 0) is 17.3 Å². The summed E-state index contributed by atoms with van der Waals surface area (Å²) >= 11 is 0. The Balaban J connectivity index is 0.885. The average molecular weight is 1110 g/mol. The van der Waals surface area contributed by atoms with Crippen LogP contribution >= 0.6 is 0 Å². The van der Waals surface area contributed by atoms with Gasteiger partial charge in [-0.05, 0) is 141 Å². The summed E-state index contributed by atoms with van der Waals surface area (Å²) in [5.74, 6) is -1.53. The number of anilines is 2. The lowest BCUT2D eigenvalue weighted by molar-refractivity contribution is 0.0910. The van der Waals surface area contributed by atoms with Gasteiger partial charge in [-0.3, -0.25) is 19.2 Å². The third-order valence-electron chi connectivity index (χ3n) is 17.6. The normalized spacial score (nSPS) is 14.0. The van der Waals surface area contributed by atoms with E-state index in [0.29, 0.717) is 51.4 Å². The number of carbonyl (C=O) groups is 4. The summed E-state index contributed by atoms with van der Waals surface area (Å²) in [6.45, 7) is 15.6. The minimum atomic E-state index is -0.375. The Hall–Kier alpha value is -9.92. The first kappa shape index (κ1) is 53.1. The topological polar surface area (TPSA) is 84.6 Å². The molecule has 0 saturated carbocycles. The van der Waals surface area contributed by atoms with Gasteiger partial charge in [-0.1, -0.05) is 200 Å². The van der Waals surface area contributed by atoms with E-state index in [-0.39, 0.29) is 40.4 Å². The fourth-order valence-electron chi connectivity index (χ4n) is 13.4. The zero-order valence-corrected chi connectivity index (χ0v) is 48.9. The summed E-state index contributed by atoms with van der Waals surface area (Å²) in [5, 5.41) is 4.26. The summed E-state index contributed by atoms with van der Waals surface area (Å²) in [5.41, 5.74) is 15.4. The Morgan fingerprint density at radius 3 is 1.55 bits per heavy atom. The van der Waals surface area contributed by atoms with Gasteiger partial charge < -0.3 is 9.13 Å². The summed E-state index contributed by atoms with van der Waals surface area (Å²) in [6, 6.07) is 73.1. The van der Waals surface area contributed by atoms with Crippen molar-refractivity contribution in [3.05, 3.63) is 263 Å². The Morgan fingerprint density at radius 1 is 0.388 bits per heavy atom. The van der Waals surface area contributed by atoms with Gasteiger partial charge in [-0.15, -0.1) is 0 Å². The monoisotopic (exact) mass is 1110 g/mol. The van der Waals surface area contributed by atoms with Gasteiger partial charge in [0.2, 0.25) is 0 Å². The van der Waals surface area contributed by atoms with Gasteiger partial charge in [0.1, 0.15) is 0 Å². The minimum Gasteiger partial charge on any atom is -0.308 e. The van der Waals surface area contributed by atoms with Crippen LogP contribution in [0.1, 0.15) is 131 Å². The average Bonchev–Trinajstić information content (AvgIpc) is 2.56. The van der Waals surface area contributed by atoms with Crippen LogP contribution in [0, 0.1) is 0 Å². The van der Waals surface area contributed by atoms with Gasteiger partial charge in [-0.2, -0.15) is 0 Å². The van der Waals surface area contributed by atoms with E-state index in [0.717, 1.165) is 89.8 Å². The molecule has 1 atom stereocenters. The zero-order valence-electron chi connectivity index (χ0n) is 48.9. The van der Waals surface area contributed by atoms with Crippen LogP contribution in [0.3, 0.4) is 0 Å². The van der Waals surface area contributed by atoms with E-state index >= 15 is 14.4 Å². The minimum absolute atomic E-state index is 0.0554. The summed E-state index contributed by atoms with van der Waals surface area (Å²) in [7, 11) is 0. The molecule has 416 valence electrons. The number of benzene rings is 10. The molecule has 0 N–H and O–H groups in total. The molecule has 10 aromatic carbocycles. The largest absolute Gasteiger partial charge is 0.308 e. The van der Waals surface area contributed by atoms with Crippen molar-refractivity contribution in [2.45, 2.75) is 84.5 Å². The maximum absolute atomic E-state index is 15.8. The number of aromatic nitrogens is 2. The van der Waals surface area contributed by atoms with Crippen LogP contribution in [0.25, 0.3) is 77.2 Å². The standard InChI is InChI=1S/C77H64N4O4/c1-8-21-51(56-29-18-30-58-57-28-15-16-33-63(57)80(71(56)58)67-35-20-31-59-70(67)74(84)78(72(59)82)54-27-17-26-50(44-54)48-22-11-9-12-23-48)42-47-36-39-55(49-24-13-10-14-25-49)68(43-47)81-73(83)60-32-19-34-66(69(60)75(81)85)79-64-40-37-52(76(2,3)4)45-61(64)62-46-53(77(5,6)7)38-41-65(62)79/h9-20,22-41,43-46,51H,8,21,42H2,1-7H3. The first-order chi connectivity index (χ1) is 41.1. The lowest BCUT2D eigenvalue weighted by atomic mass is 9.85. The van der Waals surface area contributed by atoms with Crippen LogP contribution in [0.15, 0.2) is 218 Å². The number of nitrogens with zero attached hydrogens (tertiary/aromatic N) is 4. The van der Waals surface area contributed by atoms with E-state index in [1.165, 1.54) is 20.9 Å². The molecule has 12 aromatic rings. The summed E-state index contributed by atoms with van der Waals surface area (Å²) in [6.07, 6.45) is 2.27. The Labute approximate surface area is 495 Å². The molecule has 8 nitrogen and oxygen atoms in total. The van der Waals surface area contributed by atoms with Gasteiger partial charge in [0, 0.05) is 27.1 Å². The third kappa shape index (κ3) is 8.64. The molecule has 0 saturated heterocycles. The molecular formula is C77H64N4O4. The number of hydrogen-bond donors (Lipinski definition) is 0. The first-order valence-electron chi connectivity index (χ1n) is 29.6. The molecule has 2 aromatic heterocycles. The van der Waals surface area contributed by atoms with Crippen molar-refractivity contribution >= 4 is 78.6 Å². The van der Waals surface area contributed by atoms with E-state index in [1.54, 1.807) is 12.1 Å². The van der Waals surface area contributed by atoms with Crippen LogP contribution in [0.4, 0.5) is 11.4 Å². The van der Waals surface area contributed by atoms with Crippen molar-refractivity contribution in [2.75, 3.05) is 9.80 Å². The van der Waals surface area contributed by atoms with Gasteiger partial charge in [0.05, 0.1) is 67.1 Å². The van der Waals surface area contributed by atoms with Crippen LogP contribution in [0.5, 0.6) is 0 Å². The number of fused-ring (bicyclic) bond motifs is 8. The molecule has 0 spiro atoms. The highest BCUT2D eigenvalue weighted by Crippen LogP contribution is 2.46. The number of imide groups is 2. The van der Waals surface area contributed by atoms with Crippen molar-refractivity contribution in [2.24, 2.45) is 0 Å². The molecule has 1 unspecified atom stereocenters. The molecule has 2 aliphatic heterocycles. The second-order valence-corrected chi connectivity index (χ2v) is 25.0. The second kappa shape index (κ2) is 20.2. The number of rotatable bonds is 11. The fourth-order valence-corrected chi connectivity index (χ4v) is 13.4. The molecule has 8 heteroatoms. The summed E-state index contributed by atoms with van der Waals surface area (Å²) in [4.78, 5) is 63.5. The fraction of sp³-hybridized carbons (Fsp3) is 0.169. The Morgan fingerprint density at radius 2 is 0.918 bits per heavy atom. The van der Waals surface area contributed by atoms with Gasteiger partial charge in [0.25, 0.3) is 23.6 Å². The smallest absolute Gasteiger partial charge is 0.268 e. The van der Waals surface area contributed by atoms with Gasteiger partial charge in [-0.25, -0.2) is 9.80 Å². The molecule has 0 aliphatic carbocycles. The molecule has 0 fully saturated rings. The van der Waals surface area contributed by atoms with E-state index in [2.05, 4.69) is 143 Å². The van der Waals surface area contributed by atoms with E-state index in [1.807, 2.05) is 121 Å². The number of hydrogen-bond acceptors (Lipinski definition) is 4. The lowest BCUT2D eigenvalue weighted by Gasteiger charge is -2.23. The molecule has 85 heavy (non-hydrogen) atoms.